The molecular formula is C19H20N4O3. The molecule has 0 bridgehead atoms. The number of ether oxygens (including phenoxy) is 2. The number of hydrogen-bond acceptors (Lipinski definition) is 5. The van der Waals surface area contributed by atoms with Crippen molar-refractivity contribution in [2.45, 2.75) is 6.61 Å². The van der Waals surface area contributed by atoms with Crippen molar-refractivity contribution >= 4 is 11.6 Å². The molecule has 0 unspecified atom stereocenters. The van der Waals surface area contributed by atoms with E-state index in [0.717, 1.165) is 11.3 Å². The van der Waals surface area contributed by atoms with E-state index in [-0.39, 0.29) is 5.91 Å². The quantitative estimate of drug-likeness (QED) is 0.777. The zero-order valence-corrected chi connectivity index (χ0v) is 14.3. The number of rotatable bonds is 4. The van der Waals surface area contributed by atoms with Gasteiger partial charge in [0.15, 0.2) is 0 Å². The van der Waals surface area contributed by atoms with Crippen LogP contribution in [0.5, 0.6) is 5.75 Å². The van der Waals surface area contributed by atoms with Crippen molar-refractivity contribution in [1.82, 2.24) is 19.8 Å². The van der Waals surface area contributed by atoms with Gasteiger partial charge in [0.1, 0.15) is 18.0 Å². The Balaban J connectivity index is 1.50. The second-order valence-corrected chi connectivity index (χ2v) is 5.96. The van der Waals surface area contributed by atoms with Crippen LogP contribution in [0.4, 0.5) is 0 Å². The average Bonchev–Trinajstić information content (AvgIpc) is 2.90. The fraction of sp³-hybridized carbons (Fsp3) is 0.263. The number of pyridine rings is 1. The third-order valence-corrected chi connectivity index (χ3v) is 4.16. The predicted molar refractivity (Wildman–Crippen MR) is 95.8 cm³/mol. The van der Waals surface area contributed by atoms with Crippen LogP contribution in [0.25, 0.3) is 5.65 Å². The van der Waals surface area contributed by atoms with Crippen molar-refractivity contribution in [3.05, 3.63) is 66.1 Å². The van der Waals surface area contributed by atoms with Gasteiger partial charge in [0.2, 0.25) is 0 Å². The van der Waals surface area contributed by atoms with Gasteiger partial charge in [-0.2, -0.15) is 0 Å². The molecule has 26 heavy (non-hydrogen) atoms. The number of aromatic nitrogens is 2. The molecule has 1 amide bonds. The van der Waals surface area contributed by atoms with Gasteiger partial charge in [-0.25, -0.2) is 10.4 Å². The Bertz CT molecular complexity index is 867. The number of carbonyl (C=O) groups excluding carboxylic acids is 1. The number of nitrogens with one attached hydrogen (secondary N) is 1. The Morgan fingerprint density at radius 1 is 1.19 bits per heavy atom. The van der Waals surface area contributed by atoms with Crippen LogP contribution < -0.4 is 10.2 Å². The number of carbonyl (C=O) groups is 1. The van der Waals surface area contributed by atoms with Crippen LogP contribution in [0.15, 0.2) is 54.9 Å². The molecule has 0 spiro atoms. The van der Waals surface area contributed by atoms with Crippen molar-refractivity contribution in [3.8, 4) is 5.75 Å². The first-order valence-corrected chi connectivity index (χ1v) is 8.59. The molecule has 7 nitrogen and oxygen atoms in total. The second-order valence-electron chi connectivity index (χ2n) is 5.96. The lowest BCUT2D eigenvalue weighted by atomic mass is 10.2. The van der Waals surface area contributed by atoms with Crippen LogP contribution >= 0.6 is 0 Å². The molecule has 1 fully saturated rings. The molecule has 0 aliphatic carbocycles. The summed E-state index contributed by atoms with van der Waals surface area (Å²) in [7, 11) is 0. The van der Waals surface area contributed by atoms with Crippen LogP contribution in [-0.4, -0.2) is 46.6 Å². The largest absolute Gasteiger partial charge is 0.486 e. The number of hydrogen-bond donors (Lipinski definition) is 1. The van der Waals surface area contributed by atoms with Crippen molar-refractivity contribution in [3.63, 3.8) is 0 Å². The summed E-state index contributed by atoms with van der Waals surface area (Å²) in [6.45, 7) is 2.51. The first kappa shape index (κ1) is 16.6. The third-order valence-electron chi connectivity index (χ3n) is 4.16. The summed E-state index contributed by atoms with van der Waals surface area (Å²) >= 11 is 0. The highest BCUT2D eigenvalue weighted by Crippen LogP contribution is 2.21. The summed E-state index contributed by atoms with van der Waals surface area (Å²) in [6, 6.07) is 13.1. The minimum atomic E-state index is -0.124. The van der Waals surface area contributed by atoms with Gasteiger partial charge in [-0.1, -0.05) is 18.2 Å². The molecule has 1 aromatic carbocycles. The predicted octanol–water partition coefficient (Wildman–Crippen LogP) is 1.89. The highest BCUT2D eigenvalue weighted by atomic mass is 16.5. The Morgan fingerprint density at radius 2 is 2.08 bits per heavy atom. The van der Waals surface area contributed by atoms with E-state index in [1.165, 1.54) is 0 Å². The lowest BCUT2D eigenvalue weighted by Crippen LogP contribution is -2.43. The molecule has 1 N–H and O–H groups in total. The van der Waals surface area contributed by atoms with Crippen molar-refractivity contribution in [2.75, 3.05) is 26.3 Å². The zero-order chi connectivity index (χ0) is 17.8. The van der Waals surface area contributed by atoms with Crippen LogP contribution in [-0.2, 0) is 11.3 Å². The molecule has 0 saturated carbocycles. The molecule has 1 saturated heterocycles. The Hall–Kier alpha value is -2.90. The van der Waals surface area contributed by atoms with E-state index in [9.17, 15) is 4.79 Å². The zero-order valence-electron chi connectivity index (χ0n) is 14.3. The van der Waals surface area contributed by atoms with Gasteiger partial charge in [0.05, 0.1) is 31.0 Å². The Kier molecular flexibility index (Phi) is 4.81. The third kappa shape index (κ3) is 3.54. The highest BCUT2D eigenvalue weighted by Gasteiger charge is 2.20. The summed E-state index contributed by atoms with van der Waals surface area (Å²) in [5.41, 5.74) is 5.28. The maximum absolute atomic E-state index is 12.8. The SMILES string of the molecule is O=C(c1ccccc1OCc1cn2ccccc2n1)N1CCOCCN1. The standard InChI is InChI=1S/C19H20N4O3/c24-19(23-10-12-25-11-8-20-23)16-5-1-2-6-17(16)26-14-15-13-22-9-4-3-7-18(22)21-15/h1-7,9,13,20H,8,10-12,14H2. The molecule has 0 radical (unpaired) electrons. The van der Waals surface area contributed by atoms with E-state index in [1.54, 1.807) is 17.1 Å². The van der Waals surface area contributed by atoms with E-state index in [1.807, 2.05) is 47.1 Å². The minimum absolute atomic E-state index is 0.124. The molecule has 4 rings (SSSR count). The normalized spacial score (nSPS) is 15.0. The molecule has 2 aromatic heterocycles. The van der Waals surface area contributed by atoms with E-state index in [2.05, 4.69) is 10.4 Å². The van der Waals surface area contributed by atoms with Gasteiger partial charge < -0.3 is 13.9 Å². The van der Waals surface area contributed by atoms with Gasteiger partial charge >= 0.3 is 0 Å². The summed E-state index contributed by atoms with van der Waals surface area (Å²) in [5.74, 6) is 0.419. The van der Waals surface area contributed by atoms with Crippen LogP contribution in [0.1, 0.15) is 16.1 Å². The number of amides is 1. The maximum atomic E-state index is 12.8. The highest BCUT2D eigenvalue weighted by molar-refractivity contribution is 5.96. The van der Waals surface area contributed by atoms with Crippen LogP contribution in [0.3, 0.4) is 0 Å². The molecule has 7 heteroatoms. The van der Waals surface area contributed by atoms with Gasteiger partial charge in [-0.3, -0.25) is 9.80 Å². The summed E-state index contributed by atoms with van der Waals surface area (Å²) in [5, 5.41) is 1.58. The fourth-order valence-corrected chi connectivity index (χ4v) is 2.89. The molecule has 1 aliphatic heterocycles. The number of hydrazine groups is 1. The molecule has 134 valence electrons. The monoisotopic (exact) mass is 352 g/mol. The minimum Gasteiger partial charge on any atom is -0.486 e. The van der Waals surface area contributed by atoms with Gasteiger partial charge in [0, 0.05) is 18.9 Å². The van der Waals surface area contributed by atoms with E-state index in [0.29, 0.717) is 44.2 Å². The number of imidazole rings is 1. The fourth-order valence-electron chi connectivity index (χ4n) is 2.89. The molecular weight excluding hydrogens is 332 g/mol. The summed E-state index contributed by atoms with van der Waals surface area (Å²) in [6.07, 6.45) is 3.86. The van der Waals surface area contributed by atoms with Crippen LogP contribution in [0, 0.1) is 0 Å². The molecule has 0 atom stereocenters. The van der Waals surface area contributed by atoms with Crippen molar-refractivity contribution in [2.24, 2.45) is 0 Å². The smallest absolute Gasteiger partial charge is 0.271 e. The van der Waals surface area contributed by atoms with E-state index in [4.69, 9.17) is 9.47 Å². The first-order valence-electron chi connectivity index (χ1n) is 8.59. The molecule has 3 aromatic rings. The topological polar surface area (TPSA) is 68.1 Å². The average molecular weight is 352 g/mol. The van der Waals surface area contributed by atoms with E-state index >= 15 is 0 Å². The Labute approximate surface area is 151 Å². The van der Waals surface area contributed by atoms with E-state index < -0.39 is 0 Å². The van der Waals surface area contributed by atoms with Gasteiger partial charge in [-0.15, -0.1) is 0 Å². The number of fused-ring (bicyclic) bond motifs is 1. The van der Waals surface area contributed by atoms with Crippen molar-refractivity contribution < 1.29 is 14.3 Å². The lowest BCUT2D eigenvalue weighted by molar-refractivity contribution is 0.0655. The Morgan fingerprint density at radius 3 is 3.00 bits per heavy atom. The summed E-state index contributed by atoms with van der Waals surface area (Å²) in [4.78, 5) is 17.4. The second kappa shape index (κ2) is 7.55. The number of nitrogens with zero attached hydrogens (tertiary/aromatic N) is 3. The van der Waals surface area contributed by atoms with Gasteiger partial charge in [-0.05, 0) is 24.3 Å². The molecule has 3 heterocycles. The lowest BCUT2D eigenvalue weighted by Gasteiger charge is -2.21. The maximum Gasteiger partial charge on any atom is 0.271 e. The van der Waals surface area contributed by atoms with Gasteiger partial charge in [0.25, 0.3) is 5.91 Å². The van der Waals surface area contributed by atoms with Crippen molar-refractivity contribution in [1.29, 1.82) is 0 Å². The number of para-hydroxylation sites is 1. The summed E-state index contributed by atoms with van der Waals surface area (Å²) < 4.78 is 13.2. The number of benzene rings is 1. The van der Waals surface area contributed by atoms with Crippen LogP contribution in [0.2, 0.25) is 0 Å². The first-order chi connectivity index (χ1) is 12.8. The molecule has 1 aliphatic rings.